The van der Waals surface area contributed by atoms with Crippen LogP contribution >= 0.6 is 0 Å². The Labute approximate surface area is 152 Å². The van der Waals surface area contributed by atoms with E-state index in [4.69, 9.17) is 4.52 Å². The highest BCUT2D eigenvalue weighted by Crippen LogP contribution is 2.34. The molecule has 0 saturated heterocycles. The van der Waals surface area contributed by atoms with Gasteiger partial charge in [0, 0.05) is 18.3 Å². The van der Waals surface area contributed by atoms with Crippen LogP contribution < -0.4 is 10.2 Å². The number of rotatable bonds is 4. The van der Waals surface area contributed by atoms with E-state index < -0.39 is 6.04 Å². The van der Waals surface area contributed by atoms with Gasteiger partial charge in [-0.1, -0.05) is 53.7 Å². The summed E-state index contributed by atoms with van der Waals surface area (Å²) in [6.45, 7) is 2.64. The fourth-order valence-corrected chi connectivity index (χ4v) is 3.56. The predicted molar refractivity (Wildman–Crippen MR) is 101 cm³/mol. The fourth-order valence-electron chi connectivity index (χ4n) is 3.56. The summed E-state index contributed by atoms with van der Waals surface area (Å²) in [6.07, 6.45) is 2.06. The largest absolute Gasteiger partial charge is 0.360 e. The van der Waals surface area contributed by atoms with Gasteiger partial charge < -0.3 is 14.7 Å². The zero-order valence-electron chi connectivity index (χ0n) is 14.7. The van der Waals surface area contributed by atoms with Gasteiger partial charge in [-0.2, -0.15) is 0 Å². The summed E-state index contributed by atoms with van der Waals surface area (Å²) < 4.78 is 5.07. The molecule has 2 heterocycles. The van der Waals surface area contributed by atoms with E-state index in [2.05, 4.69) is 33.6 Å². The van der Waals surface area contributed by atoms with Crippen LogP contribution in [0.4, 0.5) is 11.5 Å². The fraction of sp³-hybridized carbons (Fsp3) is 0.238. The number of hydrogen-bond donors (Lipinski definition) is 1. The van der Waals surface area contributed by atoms with Gasteiger partial charge in [0.15, 0.2) is 5.82 Å². The quantitative estimate of drug-likeness (QED) is 0.771. The first kappa shape index (κ1) is 16.4. The molecule has 5 heteroatoms. The van der Waals surface area contributed by atoms with Crippen LogP contribution in [0.25, 0.3) is 0 Å². The number of amides is 1. The Kier molecular flexibility index (Phi) is 4.44. The molecule has 1 aromatic heterocycles. The molecule has 0 radical (unpaired) electrons. The molecule has 1 N–H and O–H groups in total. The van der Waals surface area contributed by atoms with Gasteiger partial charge in [-0.25, -0.2) is 0 Å². The van der Waals surface area contributed by atoms with Gasteiger partial charge in [-0.05, 0) is 37.0 Å². The summed E-state index contributed by atoms with van der Waals surface area (Å²) in [5.74, 6) is 1.000. The van der Waals surface area contributed by atoms with Crippen molar-refractivity contribution in [2.75, 3.05) is 16.8 Å². The van der Waals surface area contributed by atoms with Crippen LogP contribution in [0, 0.1) is 6.92 Å². The minimum Gasteiger partial charge on any atom is -0.360 e. The Hall–Kier alpha value is -3.08. The van der Waals surface area contributed by atoms with Gasteiger partial charge in [0.2, 0.25) is 0 Å². The number of para-hydroxylation sites is 1. The molecule has 1 unspecified atom stereocenters. The number of hydrogen-bond acceptors (Lipinski definition) is 4. The molecule has 132 valence electrons. The molecule has 1 amide bonds. The SMILES string of the molecule is Cc1cc(NC(=O)C(c2ccccc2)N2CCCc3ccccc32)no1. The molecule has 1 aliphatic heterocycles. The summed E-state index contributed by atoms with van der Waals surface area (Å²) in [6, 6.07) is 19.5. The highest BCUT2D eigenvalue weighted by atomic mass is 16.5. The Morgan fingerprint density at radius 3 is 2.69 bits per heavy atom. The molecule has 0 fully saturated rings. The number of anilines is 2. The molecule has 2 aromatic carbocycles. The summed E-state index contributed by atoms with van der Waals surface area (Å²) >= 11 is 0. The van der Waals surface area contributed by atoms with Crippen LogP contribution in [0.3, 0.4) is 0 Å². The van der Waals surface area contributed by atoms with E-state index in [0.29, 0.717) is 11.6 Å². The lowest BCUT2D eigenvalue weighted by molar-refractivity contribution is -0.117. The van der Waals surface area contributed by atoms with Gasteiger partial charge in [-0.3, -0.25) is 4.79 Å². The Balaban J connectivity index is 1.71. The maximum Gasteiger partial charge on any atom is 0.252 e. The smallest absolute Gasteiger partial charge is 0.252 e. The van der Waals surface area contributed by atoms with Crippen molar-refractivity contribution in [3.63, 3.8) is 0 Å². The van der Waals surface area contributed by atoms with Crippen molar-refractivity contribution in [3.8, 4) is 0 Å². The average molecular weight is 347 g/mol. The number of carbonyl (C=O) groups excluding carboxylic acids is 1. The average Bonchev–Trinajstić information content (AvgIpc) is 3.08. The highest BCUT2D eigenvalue weighted by molar-refractivity contribution is 5.97. The molecule has 26 heavy (non-hydrogen) atoms. The van der Waals surface area contributed by atoms with E-state index in [1.165, 1.54) is 5.56 Å². The number of nitrogens with one attached hydrogen (secondary N) is 1. The number of fused-ring (bicyclic) bond motifs is 1. The molecule has 1 aliphatic rings. The second kappa shape index (κ2) is 7.04. The van der Waals surface area contributed by atoms with Crippen LogP contribution in [0.15, 0.2) is 65.2 Å². The minimum atomic E-state index is -0.422. The van der Waals surface area contributed by atoms with Crippen LogP contribution in [-0.4, -0.2) is 17.6 Å². The van der Waals surface area contributed by atoms with Gasteiger partial charge in [-0.15, -0.1) is 0 Å². The van der Waals surface area contributed by atoms with Crippen molar-refractivity contribution in [3.05, 3.63) is 77.6 Å². The maximum absolute atomic E-state index is 13.2. The first-order chi connectivity index (χ1) is 12.7. The van der Waals surface area contributed by atoms with Crippen molar-refractivity contribution in [1.82, 2.24) is 5.16 Å². The first-order valence-electron chi connectivity index (χ1n) is 8.86. The lowest BCUT2D eigenvalue weighted by Gasteiger charge is -2.37. The summed E-state index contributed by atoms with van der Waals surface area (Å²) in [5, 5.41) is 6.80. The third-order valence-electron chi connectivity index (χ3n) is 4.70. The number of carbonyl (C=O) groups is 1. The van der Waals surface area contributed by atoms with E-state index in [1.54, 1.807) is 13.0 Å². The van der Waals surface area contributed by atoms with E-state index in [-0.39, 0.29) is 5.91 Å². The van der Waals surface area contributed by atoms with Gasteiger partial charge in [0.1, 0.15) is 11.8 Å². The van der Waals surface area contributed by atoms with Crippen molar-refractivity contribution >= 4 is 17.4 Å². The van der Waals surface area contributed by atoms with Crippen LogP contribution in [0.1, 0.15) is 29.3 Å². The molecular weight excluding hydrogens is 326 g/mol. The zero-order valence-corrected chi connectivity index (χ0v) is 14.7. The molecule has 0 aliphatic carbocycles. The standard InChI is InChI=1S/C21H21N3O2/c1-15-14-19(23-26-15)22-21(25)20(17-9-3-2-4-10-17)24-13-7-11-16-8-5-6-12-18(16)24/h2-6,8-10,12,14,20H,7,11,13H2,1H3,(H,22,23,25). The monoisotopic (exact) mass is 347 g/mol. The molecular formula is C21H21N3O2. The van der Waals surface area contributed by atoms with Crippen molar-refractivity contribution < 1.29 is 9.32 Å². The molecule has 1 atom stereocenters. The lowest BCUT2D eigenvalue weighted by atomic mass is 9.96. The number of aryl methyl sites for hydroxylation is 2. The molecule has 3 aromatic rings. The summed E-state index contributed by atoms with van der Waals surface area (Å²) in [4.78, 5) is 15.4. The minimum absolute atomic E-state index is 0.110. The number of benzene rings is 2. The van der Waals surface area contributed by atoms with E-state index in [0.717, 1.165) is 30.6 Å². The topological polar surface area (TPSA) is 58.4 Å². The maximum atomic E-state index is 13.2. The lowest BCUT2D eigenvalue weighted by Crippen LogP contribution is -2.40. The summed E-state index contributed by atoms with van der Waals surface area (Å²) in [5.41, 5.74) is 3.37. The molecule has 0 spiro atoms. The van der Waals surface area contributed by atoms with Crippen molar-refractivity contribution in [1.29, 1.82) is 0 Å². The van der Waals surface area contributed by atoms with E-state index in [1.807, 2.05) is 36.4 Å². The first-order valence-corrected chi connectivity index (χ1v) is 8.86. The van der Waals surface area contributed by atoms with E-state index in [9.17, 15) is 4.79 Å². The third-order valence-corrected chi connectivity index (χ3v) is 4.70. The predicted octanol–water partition coefficient (Wildman–Crippen LogP) is 4.12. The second-order valence-electron chi connectivity index (χ2n) is 6.55. The Morgan fingerprint density at radius 1 is 1.15 bits per heavy atom. The highest BCUT2D eigenvalue weighted by Gasteiger charge is 2.31. The van der Waals surface area contributed by atoms with Crippen LogP contribution in [0.5, 0.6) is 0 Å². The number of aromatic nitrogens is 1. The summed E-state index contributed by atoms with van der Waals surface area (Å²) in [7, 11) is 0. The Bertz CT molecular complexity index is 904. The van der Waals surface area contributed by atoms with Crippen molar-refractivity contribution in [2.45, 2.75) is 25.8 Å². The van der Waals surface area contributed by atoms with Crippen LogP contribution in [0.2, 0.25) is 0 Å². The molecule has 4 rings (SSSR count). The van der Waals surface area contributed by atoms with Gasteiger partial charge in [0.25, 0.3) is 5.91 Å². The third kappa shape index (κ3) is 3.20. The number of nitrogens with zero attached hydrogens (tertiary/aromatic N) is 2. The molecule has 0 bridgehead atoms. The van der Waals surface area contributed by atoms with E-state index >= 15 is 0 Å². The van der Waals surface area contributed by atoms with Crippen LogP contribution in [-0.2, 0) is 11.2 Å². The van der Waals surface area contributed by atoms with Crippen molar-refractivity contribution in [2.24, 2.45) is 0 Å². The molecule has 0 saturated carbocycles. The second-order valence-corrected chi connectivity index (χ2v) is 6.55. The Morgan fingerprint density at radius 2 is 1.92 bits per heavy atom. The normalized spacial score (nSPS) is 14.6. The zero-order chi connectivity index (χ0) is 17.9. The van der Waals surface area contributed by atoms with Gasteiger partial charge >= 0.3 is 0 Å². The molecule has 5 nitrogen and oxygen atoms in total. The van der Waals surface area contributed by atoms with Gasteiger partial charge in [0.05, 0.1) is 0 Å².